The molecule has 2 aromatic rings. The fourth-order valence-corrected chi connectivity index (χ4v) is 2.22. The standard InChI is InChI=1S/C14H16Cl2FN3/c1-3-8(2)18-7-14-19-6-13(20-14)9-4-12(17)11(16)5-10(9)15/h4-6,8,18H,3,7H2,1-2H3,(H,19,20). The molecule has 6 heteroatoms. The summed E-state index contributed by atoms with van der Waals surface area (Å²) in [5.41, 5.74) is 1.22. The van der Waals surface area contributed by atoms with E-state index in [0.717, 1.165) is 12.2 Å². The number of hydrogen-bond acceptors (Lipinski definition) is 2. The lowest BCUT2D eigenvalue weighted by Gasteiger charge is -2.09. The van der Waals surface area contributed by atoms with Crippen molar-refractivity contribution in [2.45, 2.75) is 32.9 Å². The number of aromatic amines is 1. The summed E-state index contributed by atoms with van der Waals surface area (Å²) in [4.78, 5) is 7.39. The molecule has 0 bridgehead atoms. The van der Waals surface area contributed by atoms with Gasteiger partial charge >= 0.3 is 0 Å². The number of imidazole rings is 1. The number of H-pyrrole nitrogens is 1. The lowest BCUT2D eigenvalue weighted by Crippen LogP contribution is -2.24. The van der Waals surface area contributed by atoms with Crippen molar-refractivity contribution in [2.24, 2.45) is 0 Å². The Morgan fingerprint density at radius 3 is 2.80 bits per heavy atom. The van der Waals surface area contributed by atoms with Gasteiger partial charge in [-0.15, -0.1) is 0 Å². The van der Waals surface area contributed by atoms with Gasteiger partial charge in [-0.1, -0.05) is 30.1 Å². The maximum atomic E-state index is 13.5. The van der Waals surface area contributed by atoms with Gasteiger partial charge in [-0.05, 0) is 25.5 Å². The van der Waals surface area contributed by atoms with E-state index in [1.165, 1.54) is 12.1 Å². The van der Waals surface area contributed by atoms with Gasteiger partial charge < -0.3 is 10.3 Å². The normalized spacial score (nSPS) is 12.7. The topological polar surface area (TPSA) is 40.7 Å². The molecule has 1 heterocycles. The van der Waals surface area contributed by atoms with E-state index in [0.29, 0.717) is 28.9 Å². The first-order valence-electron chi connectivity index (χ1n) is 6.43. The van der Waals surface area contributed by atoms with Gasteiger partial charge in [0.05, 0.1) is 28.5 Å². The number of nitrogens with zero attached hydrogens (tertiary/aromatic N) is 1. The molecule has 1 aromatic heterocycles. The molecule has 0 saturated carbocycles. The number of hydrogen-bond donors (Lipinski definition) is 2. The highest BCUT2D eigenvalue weighted by Gasteiger charge is 2.11. The fourth-order valence-electron chi connectivity index (χ4n) is 1.73. The summed E-state index contributed by atoms with van der Waals surface area (Å²) in [6, 6.07) is 3.12. The number of aromatic nitrogens is 2. The highest BCUT2D eigenvalue weighted by atomic mass is 35.5. The quantitative estimate of drug-likeness (QED) is 0.802. The third-order valence-corrected chi connectivity index (χ3v) is 3.76. The van der Waals surface area contributed by atoms with E-state index in [9.17, 15) is 4.39 Å². The molecule has 3 nitrogen and oxygen atoms in total. The Morgan fingerprint density at radius 1 is 1.35 bits per heavy atom. The highest BCUT2D eigenvalue weighted by Crippen LogP contribution is 2.31. The van der Waals surface area contributed by atoms with Gasteiger partial charge in [0.1, 0.15) is 11.6 Å². The molecule has 2 rings (SSSR count). The van der Waals surface area contributed by atoms with E-state index < -0.39 is 5.82 Å². The average molecular weight is 316 g/mol. The van der Waals surface area contributed by atoms with Crippen LogP contribution in [0.5, 0.6) is 0 Å². The molecule has 0 aliphatic heterocycles. The van der Waals surface area contributed by atoms with Crippen LogP contribution in [0.15, 0.2) is 18.3 Å². The van der Waals surface area contributed by atoms with E-state index in [-0.39, 0.29) is 5.02 Å². The maximum absolute atomic E-state index is 13.5. The van der Waals surface area contributed by atoms with Crippen molar-refractivity contribution in [3.05, 3.63) is 40.0 Å². The summed E-state index contributed by atoms with van der Waals surface area (Å²) >= 11 is 11.8. The van der Waals surface area contributed by atoms with Crippen molar-refractivity contribution in [1.82, 2.24) is 15.3 Å². The van der Waals surface area contributed by atoms with Crippen LogP contribution < -0.4 is 5.32 Å². The minimum absolute atomic E-state index is 0.0110. The first-order valence-corrected chi connectivity index (χ1v) is 7.19. The molecule has 0 aliphatic carbocycles. The predicted molar refractivity (Wildman–Crippen MR) is 80.6 cm³/mol. The molecule has 2 N–H and O–H groups in total. The largest absolute Gasteiger partial charge is 0.341 e. The second-order valence-electron chi connectivity index (χ2n) is 4.68. The van der Waals surface area contributed by atoms with Crippen LogP contribution >= 0.6 is 23.2 Å². The summed E-state index contributed by atoms with van der Waals surface area (Å²) in [5.74, 6) is 0.284. The molecular formula is C14H16Cl2FN3. The van der Waals surface area contributed by atoms with Crippen molar-refractivity contribution < 1.29 is 4.39 Å². The molecule has 0 spiro atoms. The monoisotopic (exact) mass is 315 g/mol. The van der Waals surface area contributed by atoms with Crippen LogP contribution in [0.2, 0.25) is 10.0 Å². The van der Waals surface area contributed by atoms with Gasteiger partial charge in [0, 0.05) is 11.6 Å². The Morgan fingerprint density at radius 2 is 2.10 bits per heavy atom. The zero-order valence-electron chi connectivity index (χ0n) is 11.3. The smallest absolute Gasteiger partial charge is 0.142 e. The van der Waals surface area contributed by atoms with Gasteiger partial charge in [0.25, 0.3) is 0 Å². The predicted octanol–water partition coefficient (Wildman–Crippen LogP) is 4.41. The van der Waals surface area contributed by atoms with Gasteiger partial charge in [-0.25, -0.2) is 9.37 Å². The van der Waals surface area contributed by atoms with E-state index in [2.05, 4.69) is 29.1 Å². The zero-order valence-corrected chi connectivity index (χ0v) is 12.8. The van der Waals surface area contributed by atoms with Crippen LogP contribution in [-0.2, 0) is 6.54 Å². The van der Waals surface area contributed by atoms with Crippen LogP contribution in [0.4, 0.5) is 4.39 Å². The van der Waals surface area contributed by atoms with Crippen molar-refractivity contribution in [1.29, 1.82) is 0 Å². The van der Waals surface area contributed by atoms with E-state index in [1.54, 1.807) is 6.20 Å². The summed E-state index contributed by atoms with van der Waals surface area (Å²) in [7, 11) is 0. The number of nitrogens with one attached hydrogen (secondary N) is 2. The van der Waals surface area contributed by atoms with Gasteiger partial charge in [0.2, 0.25) is 0 Å². The first-order chi connectivity index (χ1) is 9.51. The second kappa shape index (κ2) is 6.57. The molecule has 1 atom stereocenters. The van der Waals surface area contributed by atoms with Gasteiger partial charge in [-0.3, -0.25) is 0 Å². The molecule has 0 saturated heterocycles. The molecule has 20 heavy (non-hydrogen) atoms. The van der Waals surface area contributed by atoms with Crippen LogP contribution in [-0.4, -0.2) is 16.0 Å². The molecule has 1 unspecified atom stereocenters. The molecule has 108 valence electrons. The molecular weight excluding hydrogens is 300 g/mol. The summed E-state index contributed by atoms with van der Waals surface area (Å²) < 4.78 is 13.5. The number of benzene rings is 1. The van der Waals surface area contributed by atoms with E-state index in [1.807, 2.05) is 0 Å². The Balaban J connectivity index is 2.18. The summed E-state index contributed by atoms with van der Waals surface area (Å²) in [6.45, 7) is 4.85. The third kappa shape index (κ3) is 3.51. The molecule has 1 aromatic carbocycles. The highest BCUT2D eigenvalue weighted by molar-refractivity contribution is 6.36. The average Bonchev–Trinajstić information content (AvgIpc) is 2.88. The lowest BCUT2D eigenvalue weighted by atomic mass is 10.1. The Hall–Kier alpha value is -1.10. The minimum Gasteiger partial charge on any atom is -0.341 e. The van der Waals surface area contributed by atoms with Crippen molar-refractivity contribution in [2.75, 3.05) is 0 Å². The van der Waals surface area contributed by atoms with Crippen molar-refractivity contribution in [3.8, 4) is 11.3 Å². The zero-order chi connectivity index (χ0) is 14.7. The lowest BCUT2D eigenvalue weighted by molar-refractivity contribution is 0.525. The van der Waals surface area contributed by atoms with Crippen molar-refractivity contribution in [3.63, 3.8) is 0 Å². The SMILES string of the molecule is CCC(C)NCc1ncc(-c2cc(F)c(Cl)cc2Cl)[nH]1. The summed E-state index contributed by atoms with van der Waals surface area (Å²) in [6.07, 6.45) is 2.68. The fraction of sp³-hybridized carbons (Fsp3) is 0.357. The Kier molecular flexibility index (Phi) is 5.02. The number of halogens is 3. The molecule has 0 amide bonds. The first kappa shape index (κ1) is 15.3. The maximum Gasteiger partial charge on any atom is 0.142 e. The van der Waals surface area contributed by atoms with Gasteiger partial charge in [0.15, 0.2) is 0 Å². The van der Waals surface area contributed by atoms with Crippen LogP contribution in [0.25, 0.3) is 11.3 Å². The number of rotatable bonds is 5. The van der Waals surface area contributed by atoms with Gasteiger partial charge in [-0.2, -0.15) is 0 Å². The second-order valence-corrected chi connectivity index (χ2v) is 5.49. The van der Waals surface area contributed by atoms with E-state index in [4.69, 9.17) is 23.2 Å². The van der Waals surface area contributed by atoms with Crippen LogP contribution in [0, 0.1) is 5.82 Å². The third-order valence-electron chi connectivity index (χ3n) is 3.16. The van der Waals surface area contributed by atoms with Crippen molar-refractivity contribution >= 4 is 23.2 Å². The Bertz CT molecular complexity index is 598. The molecule has 0 aliphatic rings. The van der Waals surface area contributed by atoms with Crippen LogP contribution in [0.3, 0.4) is 0 Å². The molecule has 0 radical (unpaired) electrons. The Labute approximate surface area is 127 Å². The minimum atomic E-state index is -0.500. The van der Waals surface area contributed by atoms with E-state index >= 15 is 0 Å². The summed E-state index contributed by atoms with van der Waals surface area (Å²) in [5, 5.41) is 3.73. The molecule has 0 fully saturated rings. The van der Waals surface area contributed by atoms with Crippen LogP contribution in [0.1, 0.15) is 26.1 Å².